The summed E-state index contributed by atoms with van der Waals surface area (Å²) in [5, 5.41) is 18.8. The molecule has 0 saturated heterocycles. The summed E-state index contributed by atoms with van der Waals surface area (Å²) in [6.45, 7) is 0.657. The number of aromatic nitrogens is 4. The lowest BCUT2D eigenvalue weighted by Gasteiger charge is -2.28. The highest BCUT2D eigenvalue weighted by Crippen LogP contribution is 2.22. The minimum Gasteiger partial charge on any atom is -0.480 e. The third-order valence-electron chi connectivity index (χ3n) is 3.05. The molecule has 1 unspecified atom stereocenters. The van der Waals surface area contributed by atoms with Crippen molar-refractivity contribution in [3.63, 3.8) is 0 Å². The third-order valence-corrected chi connectivity index (χ3v) is 3.31. The minimum atomic E-state index is -2.67. The van der Waals surface area contributed by atoms with Gasteiger partial charge >= 0.3 is 5.97 Å². The SMILES string of the molecule is CC(C(=O)O)N(CC(F)F)c1cccc(-n2[nH]nnc2=S)c1. The molecule has 0 fully saturated rings. The number of hydrogen-bond acceptors (Lipinski definition) is 5. The number of halogens is 2. The molecule has 0 bridgehead atoms. The standard InChI is InChI=1S/C12H13F2N5O2S/c1-7(11(20)21)18(6-10(13)14)8-3-2-4-9(5-8)19-12(22)15-16-17-19/h2-5,7,10H,6H2,1H3,(H,20,21)(H,15,17,22). The predicted molar refractivity (Wildman–Crippen MR) is 77.0 cm³/mol. The average molecular weight is 329 g/mol. The zero-order chi connectivity index (χ0) is 16.3. The van der Waals surface area contributed by atoms with Crippen LogP contribution in [0.3, 0.4) is 0 Å². The summed E-state index contributed by atoms with van der Waals surface area (Å²) in [6, 6.07) is 5.28. The molecule has 2 aromatic rings. The van der Waals surface area contributed by atoms with Gasteiger partial charge in [0.1, 0.15) is 6.04 Å². The molecule has 22 heavy (non-hydrogen) atoms. The number of rotatable bonds is 6. The number of hydrogen-bond donors (Lipinski definition) is 2. The van der Waals surface area contributed by atoms with Gasteiger partial charge in [-0.15, -0.1) is 0 Å². The van der Waals surface area contributed by atoms with Crippen molar-refractivity contribution >= 4 is 23.9 Å². The number of carboxylic acid groups (broad SMARTS) is 1. The van der Waals surface area contributed by atoms with Crippen LogP contribution in [-0.4, -0.2) is 50.3 Å². The zero-order valence-electron chi connectivity index (χ0n) is 11.5. The Morgan fingerprint density at radius 2 is 2.27 bits per heavy atom. The Morgan fingerprint density at radius 1 is 1.55 bits per heavy atom. The second-order valence-corrected chi connectivity index (χ2v) is 4.86. The smallest absolute Gasteiger partial charge is 0.326 e. The molecule has 0 radical (unpaired) electrons. The van der Waals surface area contributed by atoms with Gasteiger partial charge in [-0.25, -0.2) is 18.3 Å². The largest absolute Gasteiger partial charge is 0.480 e. The van der Waals surface area contributed by atoms with Gasteiger partial charge in [0.05, 0.1) is 12.2 Å². The molecule has 1 heterocycles. The van der Waals surface area contributed by atoms with Crippen LogP contribution in [0.25, 0.3) is 5.69 Å². The summed E-state index contributed by atoms with van der Waals surface area (Å²) in [5.41, 5.74) is 0.855. The first kappa shape index (κ1) is 16.0. The third kappa shape index (κ3) is 3.45. The Balaban J connectivity index is 2.42. The van der Waals surface area contributed by atoms with Gasteiger partial charge < -0.3 is 10.0 Å². The molecule has 0 amide bonds. The Hall–Kier alpha value is -2.36. The van der Waals surface area contributed by atoms with Crippen molar-refractivity contribution in [2.45, 2.75) is 19.4 Å². The molecule has 1 atom stereocenters. The second-order valence-electron chi connectivity index (χ2n) is 4.50. The van der Waals surface area contributed by atoms with Gasteiger partial charge in [-0.2, -0.15) is 5.21 Å². The van der Waals surface area contributed by atoms with Gasteiger partial charge in [0, 0.05) is 5.69 Å². The van der Waals surface area contributed by atoms with E-state index in [1.807, 2.05) is 0 Å². The molecule has 0 aliphatic rings. The van der Waals surface area contributed by atoms with Crippen LogP contribution in [-0.2, 0) is 4.79 Å². The highest BCUT2D eigenvalue weighted by Gasteiger charge is 2.24. The van der Waals surface area contributed by atoms with Crippen molar-refractivity contribution in [3.05, 3.63) is 29.0 Å². The Kier molecular flexibility index (Phi) is 4.81. The van der Waals surface area contributed by atoms with E-state index in [2.05, 4.69) is 15.5 Å². The normalized spacial score (nSPS) is 12.4. The number of H-pyrrole nitrogens is 1. The van der Waals surface area contributed by atoms with Crippen LogP contribution in [0.1, 0.15) is 6.92 Å². The maximum absolute atomic E-state index is 12.7. The molecule has 2 N–H and O–H groups in total. The van der Waals surface area contributed by atoms with Crippen molar-refractivity contribution in [1.82, 2.24) is 20.2 Å². The van der Waals surface area contributed by atoms with Crippen LogP contribution >= 0.6 is 12.2 Å². The summed E-state index contributed by atoms with van der Waals surface area (Å²) >= 11 is 4.97. The van der Waals surface area contributed by atoms with E-state index < -0.39 is 25.0 Å². The Bertz CT molecular complexity index is 717. The summed E-state index contributed by atoms with van der Waals surface area (Å²) < 4.78 is 27.0. The topological polar surface area (TPSA) is 87.0 Å². The molecular formula is C12H13F2N5O2S. The molecule has 10 heteroatoms. The van der Waals surface area contributed by atoms with E-state index in [1.54, 1.807) is 18.2 Å². The number of carboxylic acids is 1. The second kappa shape index (κ2) is 6.60. The number of tetrazole rings is 1. The number of benzene rings is 1. The predicted octanol–water partition coefficient (Wildman–Crippen LogP) is 1.87. The van der Waals surface area contributed by atoms with Crippen LogP contribution in [0.5, 0.6) is 0 Å². The van der Waals surface area contributed by atoms with Crippen LogP contribution in [0, 0.1) is 4.77 Å². The molecule has 0 saturated carbocycles. The van der Waals surface area contributed by atoms with Gasteiger partial charge in [0.15, 0.2) is 0 Å². The number of nitrogens with zero attached hydrogens (tertiary/aromatic N) is 4. The number of alkyl halides is 2. The zero-order valence-corrected chi connectivity index (χ0v) is 12.3. The monoisotopic (exact) mass is 329 g/mol. The summed E-state index contributed by atoms with van der Waals surface area (Å²) in [7, 11) is 0. The number of carbonyl (C=O) groups is 1. The molecule has 0 spiro atoms. The maximum Gasteiger partial charge on any atom is 0.326 e. The number of nitrogens with one attached hydrogen (secondary N) is 1. The van der Waals surface area contributed by atoms with E-state index in [1.165, 1.54) is 17.7 Å². The summed E-state index contributed by atoms with van der Waals surface area (Å²) in [6.07, 6.45) is -2.67. The lowest BCUT2D eigenvalue weighted by Crippen LogP contribution is -2.42. The van der Waals surface area contributed by atoms with Crippen molar-refractivity contribution in [2.24, 2.45) is 0 Å². The molecule has 1 aromatic carbocycles. The minimum absolute atomic E-state index is 0.170. The molecular weight excluding hydrogens is 316 g/mol. The highest BCUT2D eigenvalue weighted by molar-refractivity contribution is 7.71. The van der Waals surface area contributed by atoms with E-state index >= 15 is 0 Å². The first-order valence-electron chi connectivity index (χ1n) is 6.28. The van der Waals surface area contributed by atoms with E-state index in [-0.39, 0.29) is 4.77 Å². The first-order valence-corrected chi connectivity index (χ1v) is 6.69. The van der Waals surface area contributed by atoms with Crippen LogP contribution < -0.4 is 4.90 Å². The quantitative estimate of drug-likeness (QED) is 0.787. The van der Waals surface area contributed by atoms with Gasteiger partial charge in [0.2, 0.25) is 4.77 Å². The van der Waals surface area contributed by atoms with Crippen molar-refractivity contribution in [2.75, 3.05) is 11.4 Å². The van der Waals surface area contributed by atoms with Crippen molar-refractivity contribution in [3.8, 4) is 5.69 Å². The molecule has 0 aliphatic heterocycles. The number of anilines is 1. The fourth-order valence-corrected chi connectivity index (χ4v) is 2.13. The molecule has 118 valence electrons. The molecule has 0 aliphatic carbocycles. The van der Waals surface area contributed by atoms with Crippen LogP contribution in [0.15, 0.2) is 24.3 Å². The van der Waals surface area contributed by atoms with Gasteiger partial charge in [0.25, 0.3) is 6.43 Å². The maximum atomic E-state index is 12.7. The van der Waals surface area contributed by atoms with E-state index in [9.17, 15) is 13.6 Å². The number of aromatic amines is 1. The van der Waals surface area contributed by atoms with Gasteiger partial charge in [-0.3, -0.25) is 0 Å². The summed E-state index contributed by atoms with van der Waals surface area (Å²) in [5.74, 6) is -1.19. The lowest BCUT2D eigenvalue weighted by atomic mass is 10.2. The molecule has 1 aromatic heterocycles. The Labute approximate surface area is 129 Å². The van der Waals surface area contributed by atoms with Crippen molar-refractivity contribution < 1.29 is 18.7 Å². The highest BCUT2D eigenvalue weighted by atomic mass is 32.1. The average Bonchev–Trinajstić information content (AvgIpc) is 2.90. The van der Waals surface area contributed by atoms with Crippen LogP contribution in [0.4, 0.5) is 14.5 Å². The number of aliphatic carboxylic acids is 1. The van der Waals surface area contributed by atoms with E-state index in [0.29, 0.717) is 11.4 Å². The first-order chi connectivity index (χ1) is 10.4. The lowest BCUT2D eigenvalue weighted by molar-refractivity contribution is -0.138. The molecule has 7 nitrogen and oxygen atoms in total. The van der Waals surface area contributed by atoms with E-state index in [4.69, 9.17) is 17.3 Å². The fraction of sp³-hybridized carbons (Fsp3) is 0.333. The Morgan fingerprint density at radius 3 is 2.82 bits per heavy atom. The van der Waals surface area contributed by atoms with Gasteiger partial charge in [-0.05, 0) is 37.3 Å². The summed E-state index contributed by atoms with van der Waals surface area (Å²) in [4.78, 5) is 12.2. The fourth-order valence-electron chi connectivity index (χ4n) is 1.95. The molecule has 2 rings (SSSR count). The van der Waals surface area contributed by atoms with Crippen LogP contribution in [0.2, 0.25) is 0 Å². The van der Waals surface area contributed by atoms with Gasteiger partial charge in [-0.1, -0.05) is 16.4 Å². The van der Waals surface area contributed by atoms with Crippen molar-refractivity contribution in [1.29, 1.82) is 0 Å². The van der Waals surface area contributed by atoms with E-state index in [0.717, 1.165) is 4.90 Å².